The van der Waals surface area contributed by atoms with Crippen LogP contribution in [0.25, 0.3) is 0 Å². The molecule has 0 radical (unpaired) electrons. The number of likely N-dealkylation sites (N-methyl/N-ethyl adjacent to an activating group) is 1. The van der Waals surface area contributed by atoms with Crippen LogP contribution in [0.4, 0.5) is 0 Å². The van der Waals surface area contributed by atoms with Gasteiger partial charge in [-0.25, -0.2) is 4.79 Å². The SMILES string of the molecule is CC1=C(/C=C/C(C)=C/C=C/C(C)=C/C(=O)OCCCN(C)CCO)C(C)(C)CCC1. The summed E-state index contributed by atoms with van der Waals surface area (Å²) < 4.78 is 5.23. The van der Waals surface area contributed by atoms with Crippen molar-refractivity contribution in [2.24, 2.45) is 5.41 Å². The Bertz CT molecular complexity index is 708. The molecule has 0 aromatic heterocycles. The first-order chi connectivity index (χ1) is 14.2. The maximum atomic E-state index is 11.9. The number of hydrogen-bond donors (Lipinski definition) is 1. The third-order valence-corrected chi connectivity index (χ3v) is 5.53. The van der Waals surface area contributed by atoms with Gasteiger partial charge in [0.05, 0.1) is 13.2 Å². The Labute approximate surface area is 183 Å². The van der Waals surface area contributed by atoms with Gasteiger partial charge in [-0.05, 0) is 70.1 Å². The molecule has 0 saturated carbocycles. The highest BCUT2D eigenvalue weighted by Crippen LogP contribution is 2.40. The number of hydrogen-bond acceptors (Lipinski definition) is 4. The molecule has 0 aromatic carbocycles. The minimum absolute atomic E-state index is 0.143. The van der Waals surface area contributed by atoms with Crippen molar-refractivity contribution < 1.29 is 14.6 Å². The summed E-state index contributed by atoms with van der Waals surface area (Å²) >= 11 is 0. The van der Waals surface area contributed by atoms with Crippen LogP contribution < -0.4 is 0 Å². The summed E-state index contributed by atoms with van der Waals surface area (Å²) in [5.74, 6) is -0.315. The molecule has 0 spiro atoms. The monoisotopic (exact) mass is 415 g/mol. The number of aliphatic hydroxyl groups excluding tert-OH is 1. The Morgan fingerprint density at radius 3 is 2.60 bits per heavy atom. The molecule has 0 atom stereocenters. The standard InChI is InChI=1S/C26H41NO3/c1-21(13-14-24-23(3)12-8-15-26(24,4)5)10-7-11-22(2)20-25(29)30-19-9-16-27(6)17-18-28/h7,10-11,13-14,20,28H,8-9,12,15-19H2,1-6H3/b11-7+,14-13+,21-10+,22-20+. The van der Waals surface area contributed by atoms with Crippen molar-refractivity contribution in [3.63, 3.8) is 0 Å². The van der Waals surface area contributed by atoms with Gasteiger partial charge in [0, 0.05) is 19.2 Å². The second-order valence-electron chi connectivity index (χ2n) is 8.97. The van der Waals surface area contributed by atoms with Crippen molar-refractivity contribution in [3.8, 4) is 0 Å². The van der Waals surface area contributed by atoms with E-state index in [1.807, 2.05) is 31.0 Å². The number of allylic oxidation sites excluding steroid dienone is 9. The first kappa shape index (κ1) is 26.1. The Morgan fingerprint density at radius 2 is 1.93 bits per heavy atom. The lowest BCUT2D eigenvalue weighted by atomic mass is 9.72. The van der Waals surface area contributed by atoms with Gasteiger partial charge in [0.15, 0.2) is 0 Å². The lowest BCUT2D eigenvalue weighted by molar-refractivity contribution is -0.137. The summed E-state index contributed by atoms with van der Waals surface area (Å²) in [5, 5.41) is 8.86. The van der Waals surface area contributed by atoms with Gasteiger partial charge in [-0.15, -0.1) is 0 Å². The Kier molecular flexibility index (Phi) is 11.7. The number of esters is 1. The molecular weight excluding hydrogens is 374 g/mol. The fourth-order valence-corrected chi connectivity index (χ4v) is 3.70. The second kappa shape index (κ2) is 13.4. The molecule has 0 aromatic rings. The number of carbonyl (C=O) groups is 1. The van der Waals surface area contributed by atoms with Crippen LogP contribution in [0.15, 0.2) is 58.7 Å². The second-order valence-corrected chi connectivity index (χ2v) is 8.97. The summed E-state index contributed by atoms with van der Waals surface area (Å²) in [7, 11) is 1.94. The van der Waals surface area contributed by atoms with Crippen LogP contribution in [-0.2, 0) is 9.53 Å². The molecule has 1 aliphatic rings. The molecule has 0 bridgehead atoms. The maximum Gasteiger partial charge on any atom is 0.331 e. The molecule has 4 nitrogen and oxygen atoms in total. The normalized spacial score (nSPS) is 18.1. The summed E-state index contributed by atoms with van der Waals surface area (Å²) in [6, 6.07) is 0. The van der Waals surface area contributed by atoms with Crippen LogP contribution in [0.1, 0.15) is 60.3 Å². The molecule has 168 valence electrons. The lowest BCUT2D eigenvalue weighted by Gasteiger charge is -2.32. The van der Waals surface area contributed by atoms with E-state index in [0.717, 1.165) is 18.5 Å². The number of aliphatic hydroxyl groups is 1. The third kappa shape index (κ3) is 10.2. The predicted octanol–water partition coefficient (Wildman–Crippen LogP) is 5.38. The number of nitrogens with zero attached hydrogens (tertiary/aromatic N) is 1. The fraction of sp³-hybridized carbons (Fsp3) is 0.577. The van der Waals surface area contributed by atoms with Gasteiger partial charge in [-0.2, -0.15) is 0 Å². The molecule has 1 rings (SSSR count). The number of ether oxygens (including phenoxy) is 1. The van der Waals surface area contributed by atoms with Crippen LogP contribution in [-0.4, -0.2) is 49.3 Å². The van der Waals surface area contributed by atoms with Crippen molar-refractivity contribution in [2.45, 2.75) is 60.3 Å². The predicted molar refractivity (Wildman–Crippen MR) is 126 cm³/mol. The third-order valence-electron chi connectivity index (χ3n) is 5.53. The molecule has 0 fully saturated rings. The molecular formula is C26H41NO3. The highest BCUT2D eigenvalue weighted by atomic mass is 16.5. The van der Waals surface area contributed by atoms with Crippen LogP contribution in [0, 0.1) is 5.41 Å². The van der Waals surface area contributed by atoms with E-state index in [1.165, 1.54) is 42.1 Å². The first-order valence-corrected chi connectivity index (χ1v) is 11.0. The molecule has 1 aliphatic carbocycles. The number of carbonyl (C=O) groups excluding carboxylic acids is 1. The molecule has 0 saturated heterocycles. The molecule has 0 heterocycles. The zero-order chi connectivity index (χ0) is 22.6. The first-order valence-electron chi connectivity index (χ1n) is 11.0. The number of rotatable bonds is 11. The topological polar surface area (TPSA) is 49.8 Å². The highest BCUT2D eigenvalue weighted by Gasteiger charge is 2.26. The average Bonchev–Trinajstić information content (AvgIpc) is 2.64. The largest absolute Gasteiger partial charge is 0.462 e. The van der Waals surface area contributed by atoms with Gasteiger partial charge < -0.3 is 14.7 Å². The Hall–Kier alpha value is -1.91. The summed E-state index contributed by atoms with van der Waals surface area (Å²) in [4.78, 5) is 13.9. The van der Waals surface area contributed by atoms with Gasteiger partial charge >= 0.3 is 5.97 Å². The van der Waals surface area contributed by atoms with Crippen LogP contribution in [0.3, 0.4) is 0 Å². The van der Waals surface area contributed by atoms with E-state index >= 15 is 0 Å². The summed E-state index contributed by atoms with van der Waals surface area (Å²) in [5.41, 5.74) is 5.26. The van der Waals surface area contributed by atoms with E-state index in [2.05, 4.69) is 45.9 Å². The van der Waals surface area contributed by atoms with Gasteiger partial charge in [0.2, 0.25) is 0 Å². The lowest BCUT2D eigenvalue weighted by Crippen LogP contribution is -2.24. The van der Waals surface area contributed by atoms with Crippen molar-refractivity contribution >= 4 is 5.97 Å². The van der Waals surface area contributed by atoms with E-state index in [9.17, 15) is 4.79 Å². The van der Waals surface area contributed by atoms with Crippen molar-refractivity contribution in [2.75, 3.05) is 33.4 Å². The van der Waals surface area contributed by atoms with E-state index in [0.29, 0.717) is 13.2 Å². The maximum absolute atomic E-state index is 11.9. The quantitative estimate of drug-likeness (QED) is 0.213. The minimum Gasteiger partial charge on any atom is -0.462 e. The smallest absolute Gasteiger partial charge is 0.331 e. The minimum atomic E-state index is -0.315. The highest BCUT2D eigenvalue weighted by molar-refractivity contribution is 5.83. The van der Waals surface area contributed by atoms with Crippen molar-refractivity contribution in [3.05, 3.63) is 58.7 Å². The van der Waals surface area contributed by atoms with Crippen molar-refractivity contribution in [1.29, 1.82) is 0 Å². The molecule has 0 amide bonds. The van der Waals surface area contributed by atoms with E-state index in [4.69, 9.17) is 9.84 Å². The summed E-state index contributed by atoms with van der Waals surface area (Å²) in [6.07, 6.45) is 16.4. The van der Waals surface area contributed by atoms with E-state index < -0.39 is 0 Å². The van der Waals surface area contributed by atoms with Gasteiger partial charge in [0.25, 0.3) is 0 Å². The molecule has 4 heteroatoms. The Morgan fingerprint density at radius 1 is 1.20 bits per heavy atom. The zero-order valence-electron chi connectivity index (χ0n) is 19.8. The molecule has 0 unspecified atom stereocenters. The van der Waals surface area contributed by atoms with E-state index in [-0.39, 0.29) is 18.0 Å². The fourth-order valence-electron chi connectivity index (χ4n) is 3.70. The van der Waals surface area contributed by atoms with Crippen LogP contribution in [0.5, 0.6) is 0 Å². The van der Waals surface area contributed by atoms with E-state index in [1.54, 1.807) is 0 Å². The van der Waals surface area contributed by atoms with Gasteiger partial charge in [-0.3, -0.25) is 0 Å². The average molecular weight is 416 g/mol. The zero-order valence-corrected chi connectivity index (χ0v) is 19.8. The van der Waals surface area contributed by atoms with Gasteiger partial charge in [0.1, 0.15) is 0 Å². The Balaban J connectivity index is 2.50. The molecule has 30 heavy (non-hydrogen) atoms. The summed E-state index contributed by atoms with van der Waals surface area (Å²) in [6.45, 7) is 12.8. The van der Waals surface area contributed by atoms with Gasteiger partial charge in [-0.1, -0.05) is 55.4 Å². The molecule has 0 aliphatic heterocycles. The van der Waals surface area contributed by atoms with Crippen molar-refractivity contribution in [1.82, 2.24) is 4.90 Å². The van der Waals surface area contributed by atoms with Crippen LogP contribution >= 0.6 is 0 Å². The van der Waals surface area contributed by atoms with Crippen LogP contribution in [0.2, 0.25) is 0 Å². The molecule has 1 N–H and O–H groups in total.